The summed E-state index contributed by atoms with van der Waals surface area (Å²) in [5, 5.41) is 0. The molecule has 0 spiro atoms. The van der Waals surface area contributed by atoms with Gasteiger partial charge in [-0.05, 0) is 84.9 Å². The Morgan fingerprint density at radius 3 is 1.05 bits per heavy atom. The molecule has 0 amide bonds. The maximum absolute atomic E-state index is 11.2. The standard InChI is InChI=1S/2C12H8Br2O4S.Ca/c2*13-8-1-4-10(5-2-8)18-11-6-3-9(14)7-12(11)19(15,16)17;/h2*1-7H,(H,15,16,17);/q;;+2/p-2. The molecule has 0 fully saturated rings. The molecule has 0 saturated carbocycles. The van der Waals surface area contributed by atoms with E-state index in [0.717, 1.165) is 8.95 Å². The number of ether oxygens (including phenoxy) is 2. The largest absolute Gasteiger partial charge is 2.00 e. The van der Waals surface area contributed by atoms with E-state index in [0.29, 0.717) is 20.4 Å². The summed E-state index contributed by atoms with van der Waals surface area (Å²) < 4.78 is 80.7. The van der Waals surface area contributed by atoms with Crippen LogP contribution in [0.4, 0.5) is 0 Å². The monoisotopic (exact) mass is 850 g/mol. The van der Waals surface area contributed by atoms with Crippen LogP contribution in [0.1, 0.15) is 0 Å². The van der Waals surface area contributed by atoms with Gasteiger partial charge in [-0.3, -0.25) is 0 Å². The molecular formula is C24H14Br4CaO8S2. The van der Waals surface area contributed by atoms with E-state index >= 15 is 0 Å². The molecule has 0 aliphatic carbocycles. The fourth-order valence-corrected chi connectivity index (χ4v) is 5.59. The summed E-state index contributed by atoms with van der Waals surface area (Å²) in [5.41, 5.74) is 0. The Labute approximate surface area is 289 Å². The van der Waals surface area contributed by atoms with Gasteiger partial charge in [0.15, 0.2) is 0 Å². The average molecular weight is 854 g/mol. The summed E-state index contributed by atoms with van der Waals surface area (Å²) in [6.07, 6.45) is 0. The Morgan fingerprint density at radius 1 is 0.487 bits per heavy atom. The first-order valence-electron chi connectivity index (χ1n) is 10.1. The zero-order chi connectivity index (χ0) is 28.1. The summed E-state index contributed by atoms with van der Waals surface area (Å²) in [4.78, 5) is -0.797. The van der Waals surface area contributed by atoms with Crippen molar-refractivity contribution >= 4 is 122 Å². The Morgan fingerprint density at radius 2 is 0.769 bits per heavy atom. The van der Waals surface area contributed by atoms with Crippen LogP contribution < -0.4 is 9.47 Å². The van der Waals surface area contributed by atoms with E-state index in [2.05, 4.69) is 63.7 Å². The molecule has 8 nitrogen and oxygen atoms in total. The molecule has 15 heteroatoms. The van der Waals surface area contributed by atoms with Gasteiger partial charge in [0.05, 0.1) is 9.79 Å². The fourth-order valence-electron chi connectivity index (χ4n) is 2.78. The van der Waals surface area contributed by atoms with E-state index in [1.165, 1.54) is 24.3 Å². The molecule has 0 aliphatic heterocycles. The molecule has 0 aromatic heterocycles. The van der Waals surface area contributed by atoms with Gasteiger partial charge in [0.25, 0.3) is 0 Å². The van der Waals surface area contributed by atoms with Gasteiger partial charge in [0, 0.05) is 17.9 Å². The van der Waals surface area contributed by atoms with Gasteiger partial charge in [-0.15, -0.1) is 0 Å². The van der Waals surface area contributed by atoms with Crippen molar-refractivity contribution in [1.29, 1.82) is 0 Å². The molecule has 0 unspecified atom stereocenters. The number of hydrogen-bond donors (Lipinski definition) is 0. The first-order chi connectivity index (χ1) is 17.7. The topological polar surface area (TPSA) is 133 Å². The van der Waals surface area contributed by atoms with Crippen LogP contribution in [0.5, 0.6) is 23.0 Å². The molecule has 0 bridgehead atoms. The van der Waals surface area contributed by atoms with Crippen LogP contribution in [0, 0.1) is 0 Å². The second-order valence-corrected chi connectivity index (χ2v) is 13.6. The summed E-state index contributed by atoms with van der Waals surface area (Å²) in [6.45, 7) is 0. The van der Waals surface area contributed by atoms with E-state index in [-0.39, 0.29) is 49.2 Å². The third-order valence-corrected chi connectivity index (χ3v) is 8.19. The zero-order valence-electron chi connectivity index (χ0n) is 19.4. The third-order valence-electron chi connectivity index (χ3n) is 4.43. The second kappa shape index (κ2) is 15.1. The molecule has 0 heterocycles. The molecule has 200 valence electrons. The van der Waals surface area contributed by atoms with Crippen molar-refractivity contribution in [1.82, 2.24) is 0 Å². The maximum Gasteiger partial charge on any atom is 2.00 e. The summed E-state index contributed by atoms with van der Waals surface area (Å²) >= 11 is 12.8. The van der Waals surface area contributed by atoms with Crippen LogP contribution in [-0.4, -0.2) is 63.7 Å². The third kappa shape index (κ3) is 11.0. The summed E-state index contributed by atoms with van der Waals surface area (Å²) in [7, 11) is -9.20. The van der Waals surface area contributed by atoms with Crippen molar-refractivity contribution in [2.75, 3.05) is 0 Å². The molecule has 39 heavy (non-hydrogen) atoms. The number of rotatable bonds is 6. The molecule has 4 aromatic rings. The molecule has 4 rings (SSSR count). The molecule has 0 aliphatic rings. The Hall–Kier alpha value is -0.520. The average Bonchev–Trinajstić information content (AvgIpc) is 2.83. The number of halogens is 4. The summed E-state index contributed by atoms with van der Waals surface area (Å²) in [5.74, 6) is 0.881. The van der Waals surface area contributed by atoms with Gasteiger partial charge in [0.1, 0.15) is 43.2 Å². The van der Waals surface area contributed by atoms with Crippen molar-refractivity contribution < 1.29 is 35.4 Å². The minimum Gasteiger partial charge on any atom is -0.744 e. The zero-order valence-corrected chi connectivity index (χ0v) is 29.6. The van der Waals surface area contributed by atoms with Gasteiger partial charge in [-0.2, -0.15) is 0 Å². The van der Waals surface area contributed by atoms with E-state index < -0.39 is 30.0 Å². The van der Waals surface area contributed by atoms with Gasteiger partial charge < -0.3 is 18.6 Å². The van der Waals surface area contributed by atoms with Gasteiger partial charge in [-0.25, -0.2) is 16.8 Å². The Balaban J connectivity index is 0.000000267. The van der Waals surface area contributed by atoms with Crippen LogP contribution in [0.15, 0.2) is 113 Å². The van der Waals surface area contributed by atoms with Crippen molar-refractivity contribution in [3.63, 3.8) is 0 Å². The molecule has 4 aromatic carbocycles. The second-order valence-electron chi connectivity index (χ2n) is 7.20. The van der Waals surface area contributed by atoms with Crippen LogP contribution >= 0.6 is 63.7 Å². The van der Waals surface area contributed by atoms with Gasteiger partial charge in [-0.1, -0.05) is 63.7 Å². The van der Waals surface area contributed by atoms with Gasteiger partial charge in [0.2, 0.25) is 0 Å². The van der Waals surface area contributed by atoms with Crippen molar-refractivity contribution in [3.05, 3.63) is 103 Å². The first kappa shape index (κ1) is 34.7. The molecular weight excluding hydrogens is 840 g/mol. The minimum absolute atomic E-state index is 0. The normalized spacial score (nSPS) is 11.0. The predicted octanol–water partition coefficient (Wildman–Crippen LogP) is 7.44. The van der Waals surface area contributed by atoms with Crippen molar-refractivity contribution in [2.24, 2.45) is 0 Å². The van der Waals surface area contributed by atoms with Crippen LogP contribution in [0.2, 0.25) is 0 Å². The first-order valence-corrected chi connectivity index (χ1v) is 16.1. The van der Waals surface area contributed by atoms with Gasteiger partial charge >= 0.3 is 37.7 Å². The van der Waals surface area contributed by atoms with E-state index in [1.807, 2.05) is 0 Å². The number of benzene rings is 4. The number of hydrogen-bond acceptors (Lipinski definition) is 8. The van der Waals surface area contributed by atoms with E-state index in [4.69, 9.17) is 9.47 Å². The molecule has 0 saturated heterocycles. The summed E-state index contributed by atoms with van der Waals surface area (Å²) in [6, 6.07) is 22.1. The minimum atomic E-state index is -4.60. The van der Waals surface area contributed by atoms with Crippen molar-refractivity contribution in [3.8, 4) is 23.0 Å². The Bertz CT molecular complexity index is 1520. The predicted molar refractivity (Wildman–Crippen MR) is 158 cm³/mol. The van der Waals surface area contributed by atoms with E-state index in [1.54, 1.807) is 60.7 Å². The molecule has 0 N–H and O–H groups in total. The van der Waals surface area contributed by atoms with Crippen molar-refractivity contribution in [2.45, 2.75) is 9.79 Å². The maximum atomic E-state index is 11.2. The van der Waals surface area contributed by atoms with E-state index in [9.17, 15) is 25.9 Å². The SMILES string of the molecule is O=S(=O)([O-])c1cc(Br)ccc1Oc1ccc(Br)cc1.O=S(=O)([O-])c1cc(Br)ccc1Oc1ccc(Br)cc1.[Ca+2]. The van der Waals surface area contributed by atoms with Crippen LogP contribution in [0.3, 0.4) is 0 Å². The van der Waals surface area contributed by atoms with Crippen LogP contribution in [0.25, 0.3) is 0 Å². The smallest absolute Gasteiger partial charge is 0.744 e. The molecule has 0 atom stereocenters. The quantitative estimate of drug-likeness (QED) is 0.145. The van der Waals surface area contributed by atoms with Crippen LogP contribution in [-0.2, 0) is 20.2 Å². The fraction of sp³-hybridized carbons (Fsp3) is 0. The Kier molecular flexibility index (Phi) is 13.4. The molecule has 0 radical (unpaired) electrons.